The molecule has 1 aliphatic heterocycles. The first kappa shape index (κ1) is 24.7. The zero-order chi connectivity index (χ0) is 24.2. The van der Waals surface area contributed by atoms with E-state index in [0.29, 0.717) is 5.56 Å². The third-order valence-electron chi connectivity index (χ3n) is 5.40. The Labute approximate surface area is 196 Å². The standard InChI is InChI=1S/C25H26FNO5S/c1-25(2)21(13-12-19(28)14-20(29)15-22(30)31)27(23(32)16-8-10-18(26)11-9-16)24(33-25)17-6-4-3-5-7-17/h3-13,20-21,24,29H,14-15H2,1-2H3,(H,30,31)/t20?,21-,24?/m0/s1. The molecule has 1 amide bonds. The first-order valence-electron chi connectivity index (χ1n) is 10.5. The van der Waals surface area contributed by atoms with Gasteiger partial charge in [-0.1, -0.05) is 36.4 Å². The maximum Gasteiger partial charge on any atom is 0.305 e. The Kier molecular flexibility index (Phi) is 7.71. The first-order valence-corrected chi connectivity index (χ1v) is 11.4. The molecule has 2 aromatic carbocycles. The SMILES string of the molecule is CC1(C)SC(c2ccccc2)N(C(=O)c2ccc(F)cc2)[C@H]1C=CC(=O)CC(O)CC(=O)O. The van der Waals surface area contributed by atoms with E-state index in [1.807, 2.05) is 44.2 Å². The summed E-state index contributed by atoms with van der Waals surface area (Å²) in [4.78, 5) is 38.3. The van der Waals surface area contributed by atoms with E-state index in [0.717, 1.165) is 5.56 Å². The van der Waals surface area contributed by atoms with Gasteiger partial charge in [0, 0.05) is 16.7 Å². The molecule has 3 rings (SSSR count). The first-order chi connectivity index (χ1) is 15.6. The number of allylic oxidation sites excluding steroid dienone is 1. The monoisotopic (exact) mass is 471 g/mol. The number of thioether (sulfide) groups is 1. The van der Waals surface area contributed by atoms with Crippen molar-refractivity contribution in [3.63, 3.8) is 0 Å². The Morgan fingerprint density at radius 3 is 2.33 bits per heavy atom. The highest BCUT2D eigenvalue weighted by Gasteiger charge is 2.49. The number of aliphatic hydroxyl groups excluding tert-OH is 1. The molecular weight excluding hydrogens is 445 g/mol. The number of benzene rings is 2. The normalized spacial score (nSPS) is 20.7. The van der Waals surface area contributed by atoms with Gasteiger partial charge in [0.1, 0.15) is 11.2 Å². The second kappa shape index (κ2) is 10.3. The van der Waals surface area contributed by atoms with Crippen molar-refractivity contribution in [3.8, 4) is 0 Å². The quantitative estimate of drug-likeness (QED) is 0.560. The smallest absolute Gasteiger partial charge is 0.305 e. The van der Waals surface area contributed by atoms with Crippen LogP contribution in [0.1, 0.15) is 48.0 Å². The Bertz CT molecular complexity index is 1040. The fraction of sp³-hybridized carbons (Fsp3) is 0.320. The minimum Gasteiger partial charge on any atom is -0.481 e. The third kappa shape index (κ3) is 6.09. The van der Waals surface area contributed by atoms with E-state index in [2.05, 4.69) is 0 Å². The number of ketones is 1. The summed E-state index contributed by atoms with van der Waals surface area (Å²) in [6.07, 6.45) is 0.815. The molecule has 33 heavy (non-hydrogen) atoms. The Morgan fingerprint density at radius 2 is 1.73 bits per heavy atom. The molecule has 1 heterocycles. The van der Waals surface area contributed by atoms with Crippen LogP contribution in [-0.2, 0) is 9.59 Å². The number of aliphatic carboxylic acids is 1. The summed E-state index contributed by atoms with van der Waals surface area (Å²) >= 11 is 1.58. The van der Waals surface area contributed by atoms with Crippen LogP contribution in [0.15, 0.2) is 66.7 Å². The van der Waals surface area contributed by atoms with Crippen molar-refractivity contribution in [2.75, 3.05) is 0 Å². The molecule has 3 atom stereocenters. The summed E-state index contributed by atoms with van der Waals surface area (Å²) in [6, 6.07) is 14.4. The van der Waals surface area contributed by atoms with E-state index in [-0.39, 0.29) is 17.7 Å². The highest BCUT2D eigenvalue weighted by atomic mass is 32.2. The van der Waals surface area contributed by atoms with Crippen LogP contribution in [0.5, 0.6) is 0 Å². The minimum absolute atomic E-state index is 0.296. The van der Waals surface area contributed by atoms with Gasteiger partial charge in [-0.05, 0) is 49.8 Å². The van der Waals surface area contributed by atoms with Gasteiger partial charge in [-0.3, -0.25) is 14.4 Å². The van der Waals surface area contributed by atoms with Crippen molar-refractivity contribution < 1.29 is 29.0 Å². The van der Waals surface area contributed by atoms with Crippen molar-refractivity contribution in [3.05, 3.63) is 83.7 Å². The van der Waals surface area contributed by atoms with Crippen LogP contribution < -0.4 is 0 Å². The number of aliphatic hydroxyl groups is 1. The van der Waals surface area contributed by atoms with Crippen LogP contribution in [0.25, 0.3) is 0 Å². The van der Waals surface area contributed by atoms with E-state index in [4.69, 9.17) is 5.11 Å². The Hall–Kier alpha value is -2.97. The summed E-state index contributed by atoms with van der Waals surface area (Å²) in [5, 5.41) is 18.2. The molecule has 0 aromatic heterocycles. The number of carbonyl (C=O) groups excluding carboxylic acids is 2. The highest BCUT2D eigenvalue weighted by molar-refractivity contribution is 8.01. The molecule has 174 valence electrons. The number of hydrogen-bond acceptors (Lipinski definition) is 5. The fourth-order valence-corrected chi connectivity index (χ4v) is 5.35. The lowest BCUT2D eigenvalue weighted by Crippen LogP contribution is -2.43. The van der Waals surface area contributed by atoms with Crippen LogP contribution >= 0.6 is 11.8 Å². The summed E-state index contributed by atoms with van der Waals surface area (Å²) < 4.78 is 13.0. The van der Waals surface area contributed by atoms with Crippen molar-refractivity contribution in [1.29, 1.82) is 0 Å². The molecule has 0 radical (unpaired) electrons. The summed E-state index contributed by atoms with van der Waals surface area (Å²) in [7, 11) is 0. The number of nitrogens with zero attached hydrogens (tertiary/aromatic N) is 1. The lowest BCUT2D eigenvalue weighted by atomic mass is 9.98. The number of carboxylic acid groups (broad SMARTS) is 1. The highest BCUT2D eigenvalue weighted by Crippen LogP contribution is 2.53. The van der Waals surface area contributed by atoms with E-state index >= 15 is 0 Å². The van der Waals surface area contributed by atoms with Gasteiger partial charge in [-0.15, -0.1) is 11.8 Å². The van der Waals surface area contributed by atoms with Crippen LogP contribution in [0.4, 0.5) is 4.39 Å². The number of carboxylic acids is 1. The lowest BCUT2D eigenvalue weighted by Gasteiger charge is -2.31. The molecule has 1 saturated heterocycles. The molecule has 0 aliphatic carbocycles. The van der Waals surface area contributed by atoms with Gasteiger partial charge >= 0.3 is 5.97 Å². The Balaban J connectivity index is 1.93. The average molecular weight is 472 g/mol. The van der Waals surface area contributed by atoms with Gasteiger partial charge in [-0.2, -0.15) is 0 Å². The topological polar surface area (TPSA) is 94.9 Å². The molecule has 1 aliphatic rings. The molecule has 2 N–H and O–H groups in total. The van der Waals surface area contributed by atoms with E-state index in [9.17, 15) is 23.9 Å². The number of rotatable bonds is 8. The van der Waals surface area contributed by atoms with Gasteiger partial charge in [0.25, 0.3) is 5.91 Å². The molecule has 0 bridgehead atoms. The average Bonchev–Trinajstić information content (AvgIpc) is 3.02. The third-order valence-corrected chi connectivity index (χ3v) is 6.97. The second-order valence-corrected chi connectivity index (χ2v) is 10.2. The zero-order valence-corrected chi connectivity index (χ0v) is 19.2. The molecule has 2 aromatic rings. The molecular formula is C25H26FNO5S. The van der Waals surface area contributed by atoms with E-state index in [1.165, 1.54) is 30.3 Å². The van der Waals surface area contributed by atoms with Crippen molar-refractivity contribution in [2.24, 2.45) is 0 Å². The fourth-order valence-electron chi connectivity index (χ4n) is 3.81. The molecule has 0 saturated carbocycles. The van der Waals surface area contributed by atoms with E-state index in [1.54, 1.807) is 22.7 Å². The molecule has 6 nitrogen and oxygen atoms in total. The molecule has 1 fully saturated rings. The van der Waals surface area contributed by atoms with Gasteiger partial charge in [0.05, 0.1) is 18.6 Å². The predicted molar refractivity (Wildman–Crippen MR) is 124 cm³/mol. The summed E-state index contributed by atoms with van der Waals surface area (Å²) in [6.45, 7) is 3.95. The number of amides is 1. The minimum atomic E-state index is -1.28. The lowest BCUT2D eigenvalue weighted by molar-refractivity contribution is -0.139. The van der Waals surface area contributed by atoms with Gasteiger partial charge in [0.15, 0.2) is 5.78 Å². The molecule has 8 heteroatoms. The van der Waals surface area contributed by atoms with Crippen LogP contribution in [0.2, 0.25) is 0 Å². The van der Waals surface area contributed by atoms with Gasteiger partial charge in [0.2, 0.25) is 0 Å². The molecule has 2 unspecified atom stereocenters. The maximum atomic E-state index is 13.5. The van der Waals surface area contributed by atoms with Crippen molar-refractivity contribution >= 4 is 29.4 Å². The predicted octanol–water partition coefficient (Wildman–Crippen LogP) is 4.21. The van der Waals surface area contributed by atoms with Gasteiger partial charge in [-0.25, -0.2) is 4.39 Å². The summed E-state index contributed by atoms with van der Waals surface area (Å²) in [5.41, 5.74) is 1.25. The van der Waals surface area contributed by atoms with Crippen LogP contribution in [-0.4, -0.2) is 49.7 Å². The van der Waals surface area contributed by atoms with Gasteiger partial charge < -0.3 is 15.1 Å². The number of halogens is 1. The van der Waals surface area contributed by atoms with Crippen LogP contribution in [0, 0.1) is 5.82 Å². The van der Waals surface area contributed by atoms with Crippen molar-refractivity contribution in [1.82, 2.24) is 4.90 Å². The zero-order valence-electron chi connectivity index (χ0n) is 18.3. The maximum absolute atomic E-state index is 13.5. The Morgan fingerprint density at radius 1 is 1.09 bits per heavy atom. The largest absolute Gasteiger partial charge is 0.481 e. The molecule has 0 spiro atoms. The summed E-state index contributed by atoms with van der Waals surface area (Å²) in [5.74, 6) is -2.35. The van der Waals surface area contributed by atoms with Crippen molar-refractivity contribution in [2.45, 2.75) is 49.0 Å². The van der Waals surface area contributed by atoms with Crippen LogP contribution in [0.3, 0.4) is 0 Å². The number of hydrogen-bond donors (Lipinski definition) is 2. The number of carbonyl (C=O) groups is 3. The second-order valence-electron chi connectivity index (χ2n) is 8.43. The van der Waals surface area contributed by atoms with E-state index < -0.39 is 40.9 Å².